The van der Waals surface area contributed by atoms with Crippen molar-refractivity contribution in [3.8, 4) is 0 Å². The number of thioether (sulfide) groups is 1. The highest BCUT2D eigenvalue weighted by Crippen LogP contribution is 2.26. The van der Waals surface area contributed by atoms with Crippen LogP contribution in [-0.4, -0.2) is 63.1 Å². The number of alkyl halides is 3. The average Bonchev–Trinajstić information content (AvgIpc) is 3.03. The predicted molar refractivity (Wildman–Crippen MR) is 100 cm³/mol. The van der Waals surface area contributed by atoms with Crippen LogP contribution in [0.15, 0.2) is 17.8 Å². The van der Waals surface area contributed by atoms with Crippen molar-refractivity contribution < 1.29 is 37.4 Å². The van der Waals surface area contributed by atoms with Crippen molar-refractivity contribution in [2.75, 3.05) is 19.7 Å². The Balaban J connectivity index is 0.000000516. The lowest BCUT2D eigenvalue weighted by atomic mass is 10.0. The van der Waals surface area contributed by atoms with Gasteiger partial charge in [-0.1, -0.05) is 11.8 Å². The van der Waals surface area contributed by atoms with E-state index in [2.05, 4.69) is 10.4 Å². The van der Waals surface area contributed by atoms with Crippen LogP contribution >= 0.6 is 11.8 Å². The molecule has 1 unspecified atom stereocenters. The largest absolute Gasteiger partial charge is 0.490 e. The van der Waals surface area contributed by atoms with E-state index in [-0.39, 0.29) is 22.9 Å². The minimum Gasteiger partial charge on any atom is -0.475 e. The topological polar surface area (TPSA) is 111 Å². The molecule has 0 spiro atoms. The lowest BCUT2D eigenvalue weighted by Gasteiger charge is -2.24. The van der Waals surface area contributed by atoms with Crippen LogP contribution in [0.4, 0.5) is 13.2 Å². The molecule has 2 rings (SSSR count). The first-order chi connectivity index (χ1) is 13.5. The van der Waals surface area contributed by atoms with Gasteiger partial charge in [-0.05, 0) is 37.6 Å². The lowest BCUT2D eigenvalue weighted by molar-refractivity contribution is -0.192. The van der Waals surface area contributed by atoms with Crippen LogP contribution in [0.25, 0.3) is 6.08 Å². The summed E-state index contributed by atoms with van der Waals surface area (Å²) in [5, 5.41) is 15.1. The number of nitrogens with one attached hydrogen (secondary N) is 1. The number of piperidine rings is 1. The molecule has 162 valence electrons. The Morgan fingerprint density at radius 2 is 2.10 bits per heavy atom. The number of nitrogens with zero attached hydrogens (tertiary/aromatic N) is 2. The maximum absolute atomic E-state index is 11.4. The fourth-order valence-electron chi connectivity index (χ4n) is 2.32. The fourth-order valence-corrected chi connectivity index (χ4v) is 3.25. The number of hydrogen-bond donors (Lipinski definition) is 2. The first-order valence-electron chi connectivity index (χ1n) is 8.60. The quantitative estimate of drug-likeness (QED) is 0.674. The number of aliphatic carboxylic acids is 1. The van der Waals surface area contributed by atoms with Crippen LogP contribution in [0, 0.1) is 0 Å². The molecule has 0 bridgehead atoms. The van der Waals surface area contributed by atoms with Crippen LogP contribution in [0.3, 0.4) is 0 Å². The summed E-state index contributed by atoms with van der Waals surface area (Å²) in [4.78, 5) is 31.7. The summed E-state index contributed by atoms with van der Waals surface area (Å²) in [7, 11) is 0. The van der Waals surface area contributed by atoms with Gasteiger partial charge in [0.05, 0.1) is 12.3 Å². The minimum absolute atomic E-state index is 0.112. The molecule has 1 aromatic heterocycles. The third-order valence-electron chi connectivity index (χ3n) is 3.47. The van der Waals surface area contributed by atoms with Gasteiger partial charge in [-0.3, -0.25) is 14.3 Å². The Hall–Kier alpha value is -2.34. The van der Waals surface area contributed by atoms with Crippen molar-refractivity contribution in [1.82, 2.24) is 15.1 Å². The SMILES string of the molecule is CCOC(=O)Cn1ccc(/C=C2/CNCCC2SC(C)=O)n1.O=C(O)C(F)(F)F. The van der Waals surface area contributed by atoms with Crippen molar-refractivity contribution >= 4 is 34.9 Å². The van der Waals surface area contributed by atoms with Gasteiger partial charge in [0, 0.05) is 24.9 Å². The molecule has 0 amide bonds. The lowest BCUT2D eigenvalue weighted by Crippen LogP contribution is -2.32. The molecule has 12 heteroatoms. The summed E-state index contributed by atoms with van der Waals surface area (Å²) in [6, 6.07) is 1.86. The van der Waals surface area contributed by atoms with Gasteiger partial charge in [-0.2, -0.15) is 18.3 Å². The zero-order chi connectivity index (χ0) is 22.0. The number of carboxylic acids is 1. The van der Waals surface area contributed by atoms with Gasteiger partial charge in [0.25, 0.3) is 0 Å². The molecule has 1 saturated heterocycles. The van der Waals surface area contributed by atoms with Gasteiger partial charge < -0.3 is 15.2 Å². The van der Waals surface area contributed by atoms with Crippen molar-refractivity contribution in [3.63, 3.8) is 0 Å². The van der Waals surface area contributed by atoms with Crippen LogP contribution in [-0.2, 0) is 25.7 Å². The molecule has 0 aromatic carbocycles. The predicted octanol–water partition coefficient (Wildman–Crippen LogP) is 2.10. The Morgan fingerprint density at radius 1 is 1.45 bits per heavy atom. The van der Waals surface area contributed by atoms with E-state index in [1.54, 1.807) is 24.7 Å². The standard InChI is InChI=1S/C15H21N3O3S.C2HF3O2/c1-3-21-15(20)10-18-7-5-13(17-18)8-12-9-16-6-4-14(12)22-11(2)19;3-2(4,5)1(6)7/h5,7-8,14,16H,3-4,6,9-10H2,1-2H3;(H,6,7)/b12-8-;. The normalized spacial score (nSPS) is 18.0. The number of aromatic nitrogens is 2. The smallest absolute Gasteiger partial charge is 0.475 e. The number of ether oxygens (including phenoxy) is 1. The minimum atomic E-state index is -5.08. The summed E-state index contributed by atoms with van der Waals surface area (Å²) in [6.07, 6.45) is -0.402. The second kappa shape index (κ2) is 11.6. The molecule has 1 atom stereocenters. The molecular formula is C17H22F3N3O5S. The molecule has 1 aromatic rings. The second-order valence-corrected chi connectivity index (χ2v) is 7.21. The molecule has 2 N–H and O–H groups in total. The van der Waals surface area contributed by atoms with Gasteiger partial charge in [0.15, 0.2) is 5.12 Å². The Morgan fingerprint density at radius 3 is 2.66 bits per heavy atom. The molecule has 0 radical (unpaired) electrons. The Bertz CT molecular complexity index is 749. The molecule has 1 aliphatic heterocycles. The van der Waals surface area contributed by atoms with Gasteiger partial charge in [0.2, 0.25) is 0 Å². The number of hydrogen-bond acceptors (Lipinski definition) is 7. The first kappa shape index (κ1) is 24.7. The van der Waals surface area contributed by atoms with Crippen molar-refractivity contribution in [2.45, 2.75) is 38.2 Å². The summed E-state index contributed by atoms with van der Waals surface area (Å²) >= 11 is 1.37. The zero-order valence-electron chi connectivity index (χ0n) is 15.9. The highest BCUT2D eigenvalue weighted by atomic mass is 32.2. The molecule has 1 fully saturated rings. The third-order valence-corrected chi connectivity index (χ3v) is 4.62. The number of rotatable bonds is 5. The van der Waals surface area contributed by atoms with Crippen LogP contribution in [0.2, 0.25) is 0 Å². The highest BCUT2D eigenvalue weighted by Gasteiger charge is 2.38. The number of halogens is 3. The van der Waals surface area contributed by atoms with E-state index in [0.717, 1.165) is 30.8 Å². The monoisotopic (exact) mass is 437 g/mol. The zero-order valence-corrected chi connectivity index (χ0v) is 16.7. The van der Waals surface area contributed by atoms with E-state index in [0.29, 0.717) is 6.61 Å². The number of carbonyl (C=O) groups is 3. The van der Waals surface area contributed by atoms with Crippen LogP contribution < -0.4 is 5.32 Å². The van der Waals surface area contributed by atoms with Gasteiger partial charge in [-0.25, -0.2) is 4.79 Å². The number of carbonyl (C=O) groups excluding carboxylic acids is 2. The molecule has 8 nitrogen and oxygen atoms in total. The Kier molecular flexibility index (Phi) is 9.89. The van der Waals surface area contributed by atoms with Gasteiger partial charge in [0.1, 0.15) is 6.54 Å². The van der Waals surface area contributed by atoms with E-state index in [9.17, 15) is 22.8 Å². The number of carboxylic acid groups (broad SMARTS) is 1. The molecule has 2 heterocycles. The maximum atomic E-state index is 11.4. The van der Waals surface area contributed by atoms with Gasteiger partial charge in [-0.15, -0.1) is 0 Å². The van der Waals surface area contributed by atoms with E-state index < -0.39 is 12.1 Å². The molecule has 1 aliphatic rings. The summed E-state index contributed by atoms with van der Waals surface area (Å²) in [5.41, 5.74) is 1.95. The third kappa shape index (κ3) is 9.61. The second-order valence-electron chi connectivity index (χ2n) is 5.83. The number of esters is 1. The van der Waals surface area contributed by atoms with Crippen LogP contribution in [0.1, 0.15) is 26.0 Å². The first-order valence-corrected chi connectivity index (χ1v) is 9.48. The maximum Gasteiger partial charge on any atom is 0.490 e. The molecular weight excluding hydrogens is 415 g/mol. The molecule has 0 saturated carbocycles. The Labute approximate surface area is 169 Å². The summed E-state index contributed by atoms with van der Waals surface area (Å²) in [5.74, 6) is -3.05. The van der Waals surface area contributed by atoms with E-state index in [1.807, 2.05) is 12.1 Å². The van der Waals surface area contributed by atoms with Gasteiger partial charge >= 0.3 is 18.1 Å². The van der Waals surface area contributed by atoms with E-state index >= 15 is 0 Å². The molecule has 0 aliphatic carbocycles. The highest BCUT2D eigenvalue weighted by molar-refractivity contribution is 8.14. The fraction of sp³-hybridized carbons (Fsp3) is 0.529. The van der Waals surface area contributed by atoms with Crippen molar-refractivity contribution in [3.05, 3.63) is 23.5 Å². The average molecular weight is 437 g/mol. The summed E-state index contributed by atoms with van der Waals surface area (Å²) < 4.78 is 38.2. The molecule has 29 heavy (non-hydrogen) atoms. The van der Waals surface area contributed by atoms with Crippen molar-refractivity contribution in [2.24, 2.45) is 0 Å². The van der Waals surface area contributed by atoms with Crippen molar-refractivity contribution in [1.29, 1.82) is 0 Å². The summed E-state index contributed by atoms with van der Waals surface area (Å²) in [6.45, 7) is 5.53. The van der Waals surface area contributed by atoms with Crippen LogP contribution in [0.5, 0.6) is 0 Å². The van der Waals surface area contributed by atoms with E-state index in [4.69, 9.17) is 14.6 Å². The van der Waals surface area contributed by atoms with E-state index in [1.165, 1.54) is 11.8 Å².